The molecule has 0 rings (SSSR count). The highest BCUT2D eigenvalue weighted by molar-refractivity contribution is 7.98. The molecule has 0 bridgehead atoms. The number of hydrogen-bond donors (Lipinski definition) is 3. The maximum Gasteiger partial charge on any atom is 0.326 e. The fraction of sp³-hybridized carbons (Fsp3) is 0.818. The lowest BCUT2D eigenvalue weighted by Crippen LogP contribution is -2.52. The molecule has 0 aromatic heterocycles. The Bertz CT molecular complexity index is 269. The Labute approximate surface area is 107 Å². The van der Waals surface area contributed by atoms with E-state index in [0.717, 1.165) is 6.42 Å². The molecular formula is C11H22N2O3S. The molecule has 0 spiro atoms. The number of nitrogens with one attached hydrogen (secondary N) is 2. The van der Waals surface area contributed by atoms with Crippen molar-refractivity contribution in [3.63, 3.8) is 0 Å². The van der Waals surface area contributed by atoms with Gasteiger partial charge in [-0.1, -0.05) is 6.92 Å². The number of thioether (sulfide) groups is 1. The van der Waals surface area contributed by atoms with E-state index in [1.54, 1.807) is 11.8 Å². The van der Waals surface area contributed by atoms with E-state index >= 15 is 0 Å². The normalized spacial score (nSPS) is 12.9. The zero-order chi connectivity index (χ0) is 13.5. The lowest BCUT2D eigenvalue weighted by molar-refractivity contribution is -0.139. The minimum atomic E-state index is -0.997. The van der Waals surface area contributed by atoms with E-state index in [9.17, 15) is 9.59 Å². The van der Waals surface area contributed by atoms with Crippen LogP contribution in [0.25, 0.3) is 0 Å². The van der Waals surface area contributed by atoms with Crippen molar-refractivity contribution >= 4 is 23.8 Å². The first-order chi connectivity index (χ1) is 7.82. The van der Waals surface area contributed by atoms with Crippen LogP contribution in [0.3, 0.4) is 0 Å². The molecule has 0 aromatic carbocycles. The molecule has 0 radical (unpaired) electrons. The van der Waals surface area contributed by atoms with Crippen molar-refractivity contribution in [2.75, 3.05) is 12.0 Å². The summed E-state index contributed by atoms with van der Waals surface area (Å²) >= 11 is 1.56. The van der Waals surface area contributed by atoms with Gasteiger partial charge in [-0.05, 0) is 38.7 Å². The highest BCUT2D eigenvalue weighted by Gasteiger charge is 2.23. The molecule has 0 aliphatic heterocycles. The molecule has 3 N–H and O–H groups in total. The third-order valence-corrected chi connectivity index (χ3v) is 3.19. The van der Waals surface area contributed by atoms with Gasteiger partial charge in [0, 0.05) is 5.54 Å². The molecule has 0 saturated carbocycles. The van der Waals surface area contributed by atoms with E-state index in [1.165, 1.54) is 0 Å². The number of urea groups is 1. The Hall–Kier alpha value is -0.910. The van der Waals surface area contributed by atoms with Crippen LogP contribution in [-0.2, 0) is 4.79 Å². The fourth-order valence-corrected chi connectivity index (χ4v) is 1.55. The van der Waals surface area contributed by atoms with Gasteiger partial charge in [0.05, 0.1) is 0 Å². The van der Waals surface area contributed by atoms with Crippen LogP contribution in [0, 0.1) is 0 Å². The third kappa shape index (κ3) is 7.10. The number of carboxylic acids is 1. The van der Waals surface area contributed by atoms with Gasteiger partial charge in [0.25, 0.3) is 0 Å². The van der Waals surface area contributed by atoms with Crippen LogP contribution in [0.15, 0.2) is 0 Å². The van der Waals surface area contributed by atoms with Crippen LogP contribution in [0.1, 0.15) is 33.6 Å². The fourth-order valence-electron chi connectivity index (χ4n) is 1.08. The van der Waals surface area contributed by atoms with E-state index in [1.807, 2.05) is 27.0 Å². The highest BCUT2D eigenvalue weighted by Crippen LogP contribution is 2.07. The summed E-state index contributed by atoms with van der Waals surface area (Å²) in [6.45, 7) is 5.75. The number of carboxylic acid groups (broad SMARTS) is 1. The average molecular weight is 262 g/mol. The van der Waals surface area contributed by atoms with Crippen molar-refractivity contribution < 1.29 is 14.7 Å². The zero-order valence-electron chi connectivity index (χ0n) is 10.9. The lowest BCUT2D eigenvalue weighted by atomic mass is 10.0. The molecule has 0 aliphatic carbocycles. The Balaban J connectivity index is 4.26. The molecule has 2 amide bonds. The van der Waals surface area contributed by atoms with Crippen molar-refractivity contribution in [2.45, 2.75) is 45.2 Å². The van der Waals surface area contributed by atoms with Crippen molar-refractivity contribution in [1.82, 2.24) is 10.6 Å². The number of aliphatic carboxylic acids is 1. The van der Waals surface area contributed by atoms with Gasteiger partial charge in [-0.25, -0.2) is 9.59 Å². The van der Waals surface area contributed by atoms with Crippen molar-refractivity contribution in [3.05, 3.63) is 0 Å². The summed E-state index contributed by atoms with van der Waals surface area (Å²) in [5.74, 6) is -0.294. The zero-order valence-corrected chi connectivity index (χ0v) is 11.7. The number of carbonyl (C=O) groups excluding carboxylic acids is 1. The largest absolute Gasteiger partial charge is 0.480 e. The Morgan fingerprint density at radius 3 is 2.41 bits per heavy atom. The minimum Gasteiger partial charge on any atom is -0.480 e. The summed E-state index contributed by atoms with van der Waals surface area (Å²) in [7, 11) is 0. The average Bonchev–Trinajstić information content (AvgIpc) is 2.23. The summed E-state index contributed by atoms with van der Waals surface area (Å²) < 4.78 is 0. The molecule has 0 saturated heterocycles. The molecule has 1 unspecified atom stereocenters. The molecule has 1 atom stereocenters. The second-order valence-electron chi connectivity index (χ2n) is 4.51. The number of rotatable bonds is 7. The van der Waals surface area contributed by atoms with Gasteiger partial charge in [-0.15, -0.1) is 0 Å². The minimum absolute atomic E-state index is 0.327. The topological polar surface area (TPSA) is 78.4 Å². The summed E-state index contributed by atoms with van der Waals surface area (Å²) in [6, 6.07) is -1.25. The van der Waals surface area contributed by atoms with Gasteiger partial charge in [0.15, 0.2) is 0 Å². The second kappa shape index (κ2) is 7.42. The van der Waals surface area contributed by atoms with E-state index in [0.29, 0.717) is 12.2 Å². The van der Waals surface area contributed by atoms with E-state index in [-0.39, 0.29) is 5.54 Å². The quantitative estimate of drug-likeness (QED) is 0.652. The molecule has 17 heavy (non-hydrogen) atoms. The van der Waals surface area contributed by atoms with E-state index < -0.39 is 18.0 Å². The molecule has 0 fully saturated rings. The van der Waals surface area contributed by atoms with Crippen LogP contribution < -0.4 is 10.6 Å². The van der Waals surface area contributed by atoms with Crippen LogP contribution in [0.5, 0.6) is 0 Å². The molecular weight excluding hydrogens is 240 g/mol. The van der Waals surface area contributed by atoms with Gasteiger partial charge in [0.1, 0.15) is 6.04 Å². The van der Waals surface area contributed by atoms with Crippen LogP contribution in [0.2, 0.25) is 0 Å². The van der Waals surface area contributed by atoms with Gasteiger partial charge in [0.2, 0.25) is 0 Å². The van der Waals surface area contributed by atoms with Gasteiger partial charge in [-0.2, -0.15) is 11.8 Å². The number of carbonyl (C=O) groups is 2. The molecule has 0 heterocycles. The number of hydrogen-bond acceptors (Lipinski definition) is 3. The van der Waals surface area contributed by atoms with E-state index in [4.69, 9.17) is 5.11 Å². The Kier molecular flexibility index (Phi) is 7.03. The summed E-state index contributed by atoms with van der Waals surface area (Å²) in [5, 5.41) is 14.2. The first-order valence-electron chi connectivity index (χ1n) is 5.63. The summed E-state index contributed by atoms with van der Waals surface area (Å²) in [6.07, 6.45) is 3.11. The maximum atomic E-state index is 11.6. The third-order valence-electron chi connectivity index (χ3n) is 2.55. The molecule has 0 aromatic rings. The van der Waals surface area contributed by atoms with Crippen molar-refractivity contribution in [1.29, 1.82) is 0 Å². The highest BCUT2D eigenvalue weighted by atomic mass is 32.2. The van der Waals surface area contributed by atoms with Crippen LogP contribution in [-0.4, -0.2) is 40.7 Å². The van der Waals surface area contributed by atoms with Gasteiger partial charge < -0.3 is 15.7 Å². The summed E-state index contributed by atoms with van der Waals surface area (Å²) in [5.41, 5.74) is -0.327. The first kappa shape index (κ1) is 16.1. The molecule has 100 valence electrons. The smallest absolute Gasteiger partial charge is 0.326 e. The second-order valence-corrected chi connectivity index (χ2v) is 5.49. The Morgan fingerprint density at radius 1 is 1.41 bits per heavy atom. The van der Waals surface area contributed by atoms with Crippen molar-refractivity contribution in [2.24, 2.45) is 0 Å². The Morgan fingerprint density at radius 2 is 2.00 bits per heavy atom. The molecule has 0 aliphatic rings. The van der Waals surface area contributed by atoms with Crippen molar-refractivity contribution in [3.8, 4) is 0 Å². The SMILES string of the molecule is CCC(C)(C)NC(=O)NC(CCSC)C(=O)O. The monoisotopic (exact) mass is 262 g/mol. The standard InChI is InChI=1S/C11H22N2O3S/c1-5-11(2,3)13-10(16)12-8(9(14)15)6-7-17-4/h8H,5-7H2,1-4H3,(H,14,15)(H2,12,13,16). The van der Waals surface area contributed by atoms with E-state index in [2.05, 4.69) is 10.6 Å². The maximum absolute atomic E-state index is 11.6. The number of amides is 2. The van der Waals surface area contributed by atoms with Gasteiger partial charge >= 0.3 is 12.0 Å². The van der Waals surface area contributed by atoms with Gasteiger partial charge in [-0.3, -0.25) is 0 Å². The molecule has 6 heteroatoms. The lowest BCUT2D eigenvalue weighted by Gasteiger charge is -2.25. The predicted molar refractivity (Wildman–Crippen MR) is 70.5 cm³/mol. The van der Waals surface area contributed by atoms with Crippen LogP contribution >= 0.6 is 11.8 Å². The summed E-state index contributed by atoms with van der Waals surface area (Å²) in [4.78, 5) is 22.5. The van der Waals surface area contributed by atoms with Crippen LogP contribution in [0.4, 0.5) is 4.79 Å². The predicted octanol–water partition coefficient (Wildman–Crippen LogP) is 1.68. The first-order valence-corrected chi connectivity index (χ1v) is 7.02. The molecule has 5 nitrogen and oxygen atoms in total.